The highest BCUT2D eigenvalue weighted by Crippen LogP contribution is 2.37. The number of carbonyl (C=O) groups excluding carboxylic acids is 2. The lowest BCUT2D eigenvalue weighted by atomic mass is 9.96. The minimum absolute atomic E-state index is 0.0241. The van der Waals surface area contributed by atoms with Crippen LogP contribution in [0.4, 0.5) is 23.7 Å². The van der Waals surface area contributed by atoms with E-state index in [-0.39, 0.29) is 17.0 Å². The molecule has 3 amide bonds. The van der Waals surface area contributed by atoms with E-state index in [1.807, 2.05) is 11.8 Å². The summed E-state index contributed by atoms with van der Waals surface area (Å²) in [6.07, 6.45) is -3.25. The van der Waals surface area contributed by atoms with Crippen LogP contribution >= 0.6 is 11.6 Å². The number of imide groups is 1. The number of piperazine rings is 1. The molecule has 160 valence electrons. The van der Waals surface area contributed by atoms with Crippen molar-refractivity contribution in [1.29, 1.82) is 0 Å². The first-order valence-corrected chi connectivity index (χ1v) is 9.87. The van der Waals surface area contributed by atoms with Gasteiger partial charge in [-0.15, -0.1) is 0 Å². The maximum absolute atomic E-state index is 13.1. The molecule has 0 unspecified atom stereocenters. The fourth-order valence-corrected chi connectivity index (χ4v) is 4.17. The number of hydrogen-bond acceptors (Lipinski definition) is 4. The van der Waals surface area contributed by atoms with Gasteiger partial charge in [0.15, 0.2) is 0 Å². The number of halogens is 4. The van der Waals surface area contributed by atoms with Crippen molar-refractivity contribution in [2.24, 2.45) is 0 Å². The van der Waals surface area contributed by atoms with E-state index in [1.165, 1.54) is 6.07 Å². The number of nitrogens with zero attached hydrogens (tertiary/aromatic N) is 2. The quantitative estimate of drug-likeness (QED) is 0.701. The third-order valence-electron chi connectivity index (χ3n) is 5.57. The van der Waals surface area contributed by atoms with Crippen molar-refractivity contribution in [3.63, 3.8) is 0 Å². The van der Waals surface area contributed by atoms with Gasteiger partial charge in [-0.1, -0.05) is 11.6 Å². The van der Waals surface area contributed by atoms with E-state index in [0.29, 0.717) is 31.7 Å². The monoisotopic (exact) mass is 432 g/mol. The third-order valence-corrected chi connectivity index (χ3v) is 5.90. The number of urea groups is 1. The van der Waals surface area contributed by atoms with E-state index in [0.717, 1.165) is 19.0 Å². The zero-order chi connectivity index (χ0) is 21.4. The van der Waals surface area contributed by atoms with Crippen LogP contribution in [-0.4, -0.2) is 54.6 Å². The number of anilines is 1. The summed E-state index contributed by atoms with van der Waals surface area (Å²) in [4.78, 5) is 27.3. The first kappa shape index (κ1) is 21.7. The van der Waals surface area contributed by atoms with E-state index >= 15 is 0 Å². The largest absolute Gasteiger partial charge is 0.417 e. The van der Waals surface area contributed by atoms with E-state index < -0.39 is 23.3 Å². The van der Waals surface area contributed by atoms with Crippen molar-refractivity contribution < 1.29 is 22.8 Å². The summed E-state index contributed by atoms with van der Waals surface area (Å²) in [6.45, 7) is 6.40. The maximum Gasteiger partial charge on any atom is 0.417 e. The zero-order valence-corrected chi connectivity index (χ0v) is 17.0. The molecular formula is C19H24ClF3N4O2. The van der Waals surface area contributed by atoms with Gasteiger partial charge in [-0.2, -0.15) is 13.2 Å². The van der Waals surface area contributed by atoms with Crippen molar-refractivity contribution >= 4 is 29.2 Å². The van der Waals surface area contributed by atoms with Crippen molar-refractivity contribution in [1.82, 2.24) is 15.5 Å². The van der Waals surface area contributed by atoms with Crippen molar-refractivity contribution in [3.05, 3.63) is 28.8 Å². The molecule has 2 aliphatic rings. The number of alkyl halides is 3. The fourth-order valence-electron chi connectivity index (χ4n) is 3.94. The molecule has 2 fully saturated rings. The normalized spacial score (nSPS) is 25.9. The number of nitrogens with one attached hydrogen (secondary N) is 2. The Labute approximate surface area is 172 Å². The molecule has 29 heavy (non-hydrogen) atoms. The van der Waals surface area contributed by atoms with Crippen LogP contribution in [0.15, 0.2) is 18.2 Å². The molecule has 0 aliphatic carbocycles. The second kappa shape index (κ2) is 8.02. The molecule has 2 saturated heterocycles. The first-order valence-electron chi connectivity index (χ1n) is 9.49. The minimum atomic E-state index is -4.49. The predicted octanol–water partition coefficient (Wildman–Crippen LogP) is 3.25. The average Bonchev–Trinajstić information content (AvgIpc) is 2.87. The second-order valence-corrected chi connectivity index (χ2v) is 8.26. The van der Waals surface area contributed by atoms with E-state index in [9.17, 15) is 22.8 Å². The molecular weight excluding hydrogens is 409 g/mol. The predicted molar refractivity (Wildman–Crippen MR) is 104 cm³/mol. The van der Waals surface area contributed by atoms with Gasteiger partial charge in [0, 0.05) is 31.4 Å². The van der Waals surface area contributed by atoms with Gasteiger partial charge in [0.25, 0.3) is 5.91 Å². The molecule has 0 saturated carbocycles. The number of benzene rings is 1. The molecule has 3 rings (SSSR count). The average molecular weight is 433 g/mol. The molecule has 2 atom stereocenters. The van der Waals surface area contributed by atoms with Crippen LogP contribution in [0.3, 0.4) is 0 Å². The van der Waals surface area contributed by atoms with Gasteiger partial charge in [-0.3, -0.25) is 15.0 Å². The third kappa shape index (κ3) is 4.78. The molecule has 1 aromatic rings. The van der Waals surface area contributed by atoms with E-state index in [4.69, 9.17) is 11.6 Å². The lowest BCUT2D eigenvalue weighted by Gasteiger charge is -2.41. The van der Waals surface area contributed by atoms with Gasteiger partial charge in [-0.05, 0) is 51.4 Å². The molecule has 10 heteroatoms. The van der Waals surface area contributed by atoms with Crippen LogP contribution in [0.25, 0.3) is 0 Å². The molecule has 2 heterocycles. The Bertz CT molecular complexity index is 804. The summed E-state index contributed by atoms with van der Waals surface area (Å²) in [5, 5.41) is 4.59. The van der Waals surface area contributed by atoms with Crippen molar-refractivity contribution in [2.75, 3.05) is 31.1 Å². The zero-order valence-electron chi connectivity index (χ0n) is 16.3. The highest BCUT2D eigenvalue weighted by molar-refractivity contribution is 6.31. The lowest BCUT2D eigenvalue weighted by Crippen LogP contribution is -2.52. The molecule has 1 aromatic carbocycles. The van der Waals surface area contributed by atoms with Crippen LogP contribution < -0.4 is 15.5 Å². The van der Waals surface area contributed by atoms with Crippen molar-refractivity contribution in [2.45, 2.75) is 44.4 Å². The van der Waals surface area contributed by atoms with Gasteiger partial charge in [0.2, 0.25) is 0 Å². The van der Waals surface area contributed by atoms with Crippen LogP contribution in [-0.2, 0) is 11.0 Å². The van der Waals surface area contributed by atoms with Gasteiger partial charge >= 0.3 is 12.2 Å². The van der Waals surface area contributed by atoms with Gasteiger partial charge in [0.1, 0.15) is 5.54 Å². The number of hydrogen-bond donors (Lipinski definition) is 2. The standard InChI is InChI=1S/C19H24ClF3N4O2/c1-12-11-26(7-3-6-18(2)16(28)24-17(29)25-18)8-9-27(12)13-4-5-15(20)14(10-13)19(21,22)23/h4-5,10,12H,3,6-9,11H2,1-2H3,(H2,24,25,28,29)/t12-,18+/m0/s1. The van der Waals surface area contributed by atoms with Gasteiger partial charge < -0.3 is 10.2 Å². The lowest BCUT2D eigenvalue weighted by molar-refractivity contribution is -0.137. The number of carbonyl (C=O) groups is 2. The Kier molecular flexibility index (Phi) is 6.01. The molecule has 0 spiro atoms. The topological polar surface area (TPSA) is 64.7 Å². The smallest absolute Gasteiger partial charge is 0.366 e. The van der Waals surface area contributed by atoms with Gasteiger partial charge in [0.05, 0.1) is 10.6 Å². The molecule has 0 bridgehead atoms. The number of amides is 3. The summed E-state index contributed by atoms with van der Waals surface area (Å²) >= 11 is 5.72. The Morgan fingerprint density at radius 1 is 1.28 bits per heavy atom. The van der Waals surface area contributed by atoms with Crippen LogP contribution in [0.1, 0.15) is 32.3 Å². The Morgan fingerprint density at radius 2 is 2.00 bits per heavy atom. The summed E-state index contributed by atoms with van der Waals surface area (Å²) in [6, 6.07) is 3.57. The Morgan fingerprint density at radius 3 is 2.59 bits per heavy atom. The summed E-state index contributed by atoms with van der Waals surface area (Å²) in [5.74, 6) is -0.316. The molecule has 0 aromatic heterocycles. The molecule has 2 aliphatic heterocycles. The van der Waals surface area contributed by atoms with Crippen molar-refractivity contribution in [3.8, 4) is 0 Å². The van der Waals surface area contributed by atoms with Crippen LogP contribution in [0, 0.1) is 0 Å². The molecule has 0 radical (unpaired) electrons. The highest BCUT2D eigenvalue weighted by Gasteiger charge is 2.41. The highest BCUT2D eigenvalue weighted by atomic mass is 35.5. The summed E-state index contributed by atoms with van der Waals surface area (Å²) < 4.78 is 39.4. The molecule has 6 nitrogen and oxygen atoms in total. The Hall–Kier alpha value is -2.00. The minimum Gasteiger partial charge on any atom is -0.366 e. The SMILES string of the molecule is C[C@H]1CN(CCC[C@@]2(C)NC(=O)NC2=O)CCN1c1ccc(Cl)c(C(F)(F)F)c1. The maximum atomic E-state index is 13.1. The van der Waals surface area contributed by atoms with E-state index in [1.54, 1.807) is 13.0 Å². The first-order chi connectivity index (χ1) is 13.5. The van der Waals surface area contributed by atoms with E-state index in [2.05, 4.69) is 15.5 Å². The van der Waals surface area contributed by atoms with Crippen LogP contribution in [0.2, 0.25) is 5.02 Å². The molecule has 2 N–H and O–H groups in total. The fraction of sp³-hybridized carbons (Fsp3) is 0.579. The summed E-state index contributed by atoms with van der Waals surface area (Å²) in [7, 11) is 0. The van der Waals surface area contributed by atoms with Crippen LogP contribution in [0.5, 0.6) is 0 Å². The van der Waals surface area contributed by atoms with Gasteiger partial charge in [-0.25, -0.2) is 4.79 Å². The second-order valence-electron chi connectivity index (χ2n) is 7.85. The Balaban J connectivity index is 1.56. The number of rotatable bonds is 5. The summed E-state index contributed by atoms with van der Waals surface area (Å²) in [5.41, 5.74) is -1.20.